The number of fused-ring (bicyclic) bond motifs is 1. The third kappa shape index (κ3) is 2.39. The van der Waals surface area contributed by atoms with Crippen LogP contribution in [-0.2, 0) is 4.79 Å². The first-order valence-electron chi connectivity index (χ1n) is 5.49. The summed E-state index contributed by atoms with van der Waals surface area (Å²) in [5.74, 6) is -1.95. The van der Waals surface area contributed by atoms with Gasteiger partial charge >= 0.3 is 0 Å². The maximum absolute atomic E-state index is 13.8. The van der Waals surface area contributed by atoms with Crippen molar-refractivity contribution in [1.82, 2.24) is 0 Å². The smallest absolute Gasteiger partial charge is 0.296 e. The topological polar surface area (TPSA) is 66.4 Å². The van der Waals surface area contributed by atoms with Crippen LogP contribution in [0.15, 0.2) is 17.0 Å². The van der Waals surface area contributed by atoms with Crippen molar-refractivity contribution in [2.24, 2.45) is 0 Å². The Morgan fingerprint density at radius 1 is 1.44 bits per heavy atom. The lowest BCUT2D eigenvalue weighted by Crippen LogP contribution is -2.12. The van der Waals surface area contributed by atoms with Crippen LogP contribution >= 0.6 is 11.8 Å². The van der Waals surface area contributed by atoms with E-state index in [0.29, 0.717) is 17.0 Å². The third-order valence-electron chi connectivity index (χ3n) is 2.63. The zero-order valence-corrected chi connectivity index (χ0v) is 10.5. The van der Waals surface area contributed by atoms with Gasteiger partial charge in [-0.05, 0) is 18.6 Å². The number of halogens is 1. The molecule has 0 spiro atoms. The number of ketones is 1. The molecule has 1 aromatic rings. The van der Waals surface area contributed by atoms with E-state index in [1.165, 1.54) is 17.8 Å². The maximum atomic E-state index is 13.8. The van der Waals surface area contributed by atoms with Gasteiger partial charge in [0.1, 0.15) is 5.82 Å². The number of amides is 1. The highest BCUT2D eigenvalue weighted by molar-refractivity contribution is 8.00. The highest BCUT2D eigenvalue weighted by Gasteiger charge is 2.29. The zero-order chi connectivity index (χ0) is 13.3. The number of benzene rings is 1. The zero-order valence-electron chi connectivity index (χ0n) is 9.70. The standard InChI is InChI=1S/C12H12FNO3S/c1-6(2-3-15)18-10-5-9-7(4-8(10)13)11(16)12(17)14-9/h4-6,15H,2-3H2,1H3,(H,14,16,17). The number of thioether (sulfide) groups is 1. The Hall–Kier alpha value is -1.40. The molecule has 0 fully saturated rings. The molecule has 6 heteroatoms. The lowest BCUT2D eigenvalue weighted by molar-refractivity contribution is -0.112. The first kappa shape index (κ1) is 13.0. The van der Waals surface area contributed by atoms with Crippen LogP contribution in [0.3, 0.4) is 0 Å². The normalized spacial score (nSPS) is 15.5. The third-order valence-corrected chi connectivity index (χ3v) is 3.84. The Balaban J connectivity index is 2.27. The first-order valence-corrected chi connectivity index (χ1v) is 6.37. The van der Waals surface area contributed by atoms with E-state index in [4.69, 9.17) is 5.11 Å². The van der Waals surface area contributed by atoms with Crippen molar-refractivity contribution >= 4 is 29.1 Å². The summed E-state index contributed by atoms with van der Waals surface area (Å²) in [4.78, 5) is 22.9. The Morgan fingerprint density at radius 2 is 2.17 bits per heavy atom. The molecule has 96 valence electrons. The predicted octanol–water partition coefficient (Wildman–Crippen LogP) is 1.82. The van der Waals surface area contributed by atoms with Gasteiger partial charge in [0.05, 0.1) is 11.3 Å². The molecule has 0 aliphatic carbocycles. The van der Waals surface area contributed by atoms with Crippen molar-refractivity contribution < 1.29 is 19.1 Å². The van der Waals surface area contributed by atoms with Crippen LogP contribution in [0.2, 0.25) is 0 Å². The molecule has 1 heterocycles. The Morgan fingerprint density at radius 3 is 2.83 bits per heavy atom. The molecular formula is C12H12FNO3S. The number of Topliss-reactive ketones (excluding diaryl/α,β-unsaturated/α-hetero) is 1. The molecule has 1 aliphatic heterocycles. The Labute approximate surface area is 108 Å². The molecule has 2 N–H and O–H groups in total. The van der Waals surface area contributed by atoms with Crippen LogP contribution in [0.25, 0.3) is 0 Å². The molecule has 1 aromatic carbocycles. The van der Waals surface area contributed by atoms with E-state index < -0.39 is 17.5 Å². The number of carbonyl (C=O) groups is 2. The summed E-state index contributed by atoms with van der Waals surface area (Å²) in [5, 5.41) is 11.3. The predicted molar refractivity (Wildman–Crippen MR) is 66.4 cm³/mol. The number of hydrogen-bond acceptors (Lipinski definition) is 4. The van der Waals surface area contributed by atoms with Crippen molar-refractivity contribution in [3.8, 4) is 0 Å². The van der Waals surface area contributed by atoms with Crippen molar-refractivity contribution in [2.75, 3.05) is 11.9 Å². The van der Waals surface area contributed by atoms with Crippen LogP contribution in [0.1, 0.15) is 23.7 Å². The van der Waals surface area contributed by atoms with Crippen LogP contribution in [0, 0.1) is 5.82 Å². The molecule has 0 bridgehead atoms. The molecule has 0 saturated carbocycles. The summed E-state index contributed by atoms with van der Waals surface area (Å²) >= 11 is 1.27. The number of anilines is 1. The highest BCUT2D eigenvalue weighted by atomic mass is 32.2. The minimum absolute atomic E-state index is 0.0376. The second-order valence-corrected chi connectivity index (χ2v) is 5.53. The molecule has 0 saturated heterocycles. The van der Waals surface area contributed by atoms with E-state index >= 15 is 0 Å². The molecule has 1 amide bonds. The fraction of sp³-hybridized carbons (Fsp3) is 0.333. The molecule has 18 heavy (non-hydrogen) atoms. The summed E-state index contributed by atoms with van der Waals surface area (Å²) in [7, 11) is 0. The van der Waals surface area contributed by atoms with Gasteiger partial charge < -0.3 is 10.4 Å². The van der Waals surface area contributed by atoms with Crippen LogP contribution in [-0.4, -0.2) is 28.7 Å². The molecule has 1 aliphatic rings. The van der Waals surface area contributed by atoms with E-state index in [9.17, 15) is 14.0 Å². The number of hydrogen-bond donors (Lipinski definition) is 2. The van der Waals surface area contributed by atoms with Gasteiger partial charge in [0.15, 0.2) is 0 Å². The number of nitrogens with one attached hydrogen (secondary N) is 1. The lowest BCUT2D eigenvalue weighted by atomic mass is 10.1. The summed E-state index contributed by atoms with van der Waals surface area (Å²) in [6, 6.07) is 2.55. The molecule has 0 aromatic heterocycles. The maximum Gasteiger partial charge on any atom is 0.296 e. The van der Waals surface area contributed by atoms with E-state index in [-0.39, 0.29) is 17.4 Å². The van der Waals surface area contributed by atoms with Crippen molar-refractivity contribution in [1.29, 1.82) is 0 Å². The SMILES string of the molecule is CC(CCO)Sc1cc2c(cc1F)C(=O)C(=O)N2. The van der Waals surface area contributed by atoms with Gasteiger partial charge in [-0.25, -0.2) is 4.39 Å². The molecule has 2 rings (SSSR count). The second kappa shape index (κ2) is 5.07. The Bertz CT molecular complexity index is 518. The molecule has 1 atom stereocenters. The minimum atomic E-state index is -0.727. The van der Waals surface area contributed by atoms with Crippen LogP contribution in [0.5, 0.6) is 0 Å². The minimum Gasteiger partial charge on any atom is -0.396 e. The van der Waals surface area contributed by atoms with E-state index in [0.717, 1.165) is 6.07 Å². The van der Waals surface area contributed by atoms with Gasteiger partial charge in [-0.1, -0.05) is 6.92 Å². The number of rotatable bonds is 4. The van der Waals surface area contributed by atoms with Crippen LogP contribution < -0.4 is 5.32 Å². The largest absolute Gasteiger partial charge is 0.396 e. The lowest BCUT2D eigenvalue weighted by Gasteiger charge is -2.11. The van der Waals surface area contributed by atoms with Gasteiger partial charge in [0.25, 0.3) is 11.7 Å². The number of aliphatic hydroxyl groups excluding tert-OH is 1. The summed E-state index contributed by atoms with van der Waals surface area (Å²) in [6.07, 6.45) is 0.548. The number of aliphatic hydroxyl groups is 1. The van der Waals surface area contributed by atoms with Crippen molar-refractivity contribution in [2.45, 2.75) is 23.5 Å². The van der Waals surface area contributed by atoms with Gasteiger partial charge in [-0.15, -0.1) is 11.8 Å². The van der Waals surface area contributed by atoms with Gasteiger partial charge in [-0.3, -0.25) is 9.59 Å². The number of carbonyl (C=O) groups excluding carboxylic acids is 2. The summed E-state index contributed by atoms with van der Waals surface area (Å²) < 4.78 is 13.8. The van der Waals surface area contributed by atoms with Gasteiger partial charge in [0.2, 0.25) is 0 Å². The van der Waals surface area contributed by atoms with E-state index in [1.54, 1.807) is 0 Å². The quantitative estimate of drug-likeness (QED) is 0.646. The van der Waals surface area contributed by atoms with Gasteiger partial charge in [0, 0.05) is 16.8 Å². The highest BCUT2D eigenvalue weighted by Crippen LogP contribution is 2.34. The van der Waals surface area contributed by atoms with E-state index in [2.05, 4.69) is 5.32 Å². The Kier molecular flexibility index (Phi) is 3.68. The fourth-order valence-electron chi connectivity index (χ4n) is 1.69. The molecular weight excluding hydrogens is 257 g/mol. The van der Waals surface area contributed by atoms with Gasteiger partial charge in [-0.2, -0.15) is 0 Å². The van der Waals surface area contributed by atoms with Crippen molar-refractivity contribution in [3.63, 3.8) is 0 Å². The summed E-state index contributed by atoms with van der Waals surface area (Å²) in [6.45, 7) is 1.91. The molecule has 0 radical (unpaired) electrons. The molecule has 1 unspecified atom stereocenters. The average molecular weight is 269 g/mol. The summed E-state index contributed by atoms with van der Waals surface area (Å²) in [5.41, 5.74) is 0.432. The molecule has 4 nitrogen and oxygen atoms in total. The fourth-order valence-corrected chi connectivity index (χ4v) is 2.71. The van der Waals surface area contributed by atoms with Crippen molar-refractivity contribution in [3.05, 3.63) is 23.5 Å². The second-order valence-electron chi connectivity index (χ2n) is 4.05. The monoisotopic (exact) mass is 269 g/mol. The van der Waals surface area contributed by atoms with Crippen LogP contribution in [0.4, 0.5) is 10.1 Å². The van der Waals surface area contributed by atoms with E-state index in [1.807, 2.05) is 6.92 Å². The first-order chi connectivity index (χ1) is 8.52. The average Bonchev–Trinajstić information content (AvgIpc) is 2.57.